The van der Waals surface area contributed by atoms with Gasteiger partial charge in [0.25, 0.3) is 11.8 Å². The number of hydrogen-bond donors (Lipinski definition) is 2. The lowest BCUT2D eigenvalue weighted by Gasteiger charge is -2.45. The number of rotatable bonds is 14. The third kappa shape index (κ3) is 9.06. The number of hydrogen-bond acceptors (Lipinski definition) is 9. The van der Waals surface area contributed by atoms with Crippen molar-refractivity contribution in [2.75, 3.05) is 24.7 Å². The van der Waals surface area contributed by atoms with Gasteiger partial charge in [-0.2, -0.15) is 0 Å². The highest BCUT2D eigenvalue weighted by Crippen LogP contribution is 2.43. The van der Waals surface area contributed by atoms with Crippen LogP contribution in [0.4, 0.5) is 5.69 Å². The van der Waals surface area contributed by atoms with Crippen LogP contribution < -0.4 is 15.0 Å². The molecule has 7 rings (SSSR count). The SMILES string of the molecule is CCOC(=O)C[C@H]1[C@H](OC(=O)c2ccc(C(=O)c3ccccc3)cc2)[C@@H](NC(=O)c2ccc3ccccc3c2)c2cc(OCCCO)ccc2N1C(=O)c1ccccc1. The molecule has 1 heterocycles. The number of nitrogens with zero attached hydrogens (tertiary/aromatic N) is 1. The summed E-state index contributed by atoms with van der Waals surface area (Å²) in [6, 6.07) is 38.8. The summed E-state index contributed by atoms with van der Waals surface area (Å²) >= 11 is 0. The number of carbonyl (C=O) groups excluding carboxylic acids is 5. The fraction of sp³-hybridized carbons (Fsp3) is 0.188. The van der Waals surface area contributed by atoms with Gasteiger partial charge in [-0.15, -0.1) is 0 Å². The Bertz CT molecular complexity index is 2470. The minimum Gasteiger partial charge on any atom is -0.493 e. The zero-order valence-corrected chi connectivity index (χ0v) is 32.3. The maximum Gasteiger partial charge on any atom is 0.338 e. The van der Waals surface area contributed by atoms with Crippen molar-refractivity contribution in [1.29, 1.82) is 0 Å². The van der Waals surface area contributed by atoms with Crippen molar-refractivity contribution in [2.45, 2.75) is 38.0 Å². The molecule has 298 valence electrons. The molecule has 0 unspecified atom stereocenters. The summed E-state index contributed by atoms with van der Waals surface area (Å²) in [7, 11) is 0. The fourth-order valence-corrected chi connectivity index (χ4v) is 7.22. The van der Waals surface area contributed by atoms with E-state index in [9.17, 15) is 29.1 Å². The van der Waals surface area contributed by atoms with Crippen LogP contribution in [0.3, 0.4) is 0 Å². The molecular formula is C48H42N2O9. The zero-order valence-electron chi connectivity index (χ0n) is 32.3. The average molecular weight is 791 g/mol. The second kappa shape index (κ2) is 18.4. The first-order valence-corrected chi connectivity index (χ1v) is 19.4. The van der Waals surface area contributed by atoms with Crippen LogP contribution in [0.5, 0.6) is 5.75 Å². The summed E-state index contributed by atoms with van der Waals surface area (Å²) in [6.07, 6.45) is -1.41. The van der Waals surface area contributed by atoms with Crippen molar-refractivity contribution in [3.63, 3.8) is 0 Å². The van der Waals surface area contributed by atoms with E-state index in [1.54, 1.807) is 91.9 Å². The molecule has 6 aromatic carbocycles. The third-order valence-electron chi connectivity index (χ3n) is 10.1. The normalized spacial score (nSPS) is 15.8. The van der Waals surface area contributed by atoms with Crippen molar-refractivity contribution >= 4 is 46.0 Å². The molecule has 0 fully saturated rings. The number of ketones is 1. The minimum atomic E-state index is -1.37. The van der Waals surface area contributed by atoms with Gasteiger partial charge >= 0.3 is 11.9 Å². The second-order valence-electron chi connectivity index (χ2n) is 13.9. The van der Waals surface area contributed by atoms with Crippen LogP contribution >= 0.6 is 0 Å². The molecule has 1 aliphatic heterocycles. The molecule has 59 heavy (non-hydrogen) atoms. The van der Waals surface area contributed by atoms with E-state index >= 15 is 0 Å². The van der Waals surface area contributed by atoms with Gasteiger partial charge in [0.2, 0.25) is 0 Å². The monoisotopic (exact) mass is 790 g/mol. The van der Waals surface area contributed by atoms with E-state index in [0.29, 0.717) is 45.7 Å². The lowest BCUT2D eigenvalue weighted by molar-refractivity contribution is -0.144. The smallest absolute Gasteiger partial charge is 0.338 e. The number of carbonyl (C=O) groups is 5. The van der Waals surface area contributed by atoms with E-state index in [1.165, 1.54) is 29.2 Å². The predicted molar refractivity (Wildman–Crippen MR) is 222 cm³/mol. The highest BCUT2D eigenvalue weighted by Gasteiger charge is 2.48. The Labute approximate surface area is 341 Å². The molecule has 1 aliphatic rings. The maximum absolute atomic E-state index is 14.7. The molecule has 2 N–H and O–H groups in total. The van der Waals surface area contributed by atoms with Crippen LogP contribution in [-0.4, -0.2) is 66.6 Å². The second-order valence-corrected chi connectivity index (χ2v) is 13.9. The van der Waals surface area contributed by atoms with Crippen molar-refractivity contribution in [2.24, 2.45) is 0 Å². The molecule has 0 saturated carbocycles. The Morgan fingerprint density at radius 2 is 1.31 bits per heavy atom. The minimum absolute atomic E-state index is 0.0595. The number of aliphatic hydroxyl groups is 1. The number of amides is 2. The molecule has 2 amide bonds. The predicted octanol–water partition coefficient (Wildman–Crippen LogP) is 7.51. The Morgan fingerprint density at radius 1 is 0.678 bits per heavy atom. The van der Waals surface area contributed by atoms with Crippen LogP contribution in [-0.2, 0) is 14.3 Å². The summed E-state index contributed by atoms with van der Waals surface area (Å²) in [5, 5.41) is 14.3. The Morgan fingerprint density at radius 3 is 2.00 bits per heavy atom. The number of fused-ring (bicyclic) bond motifs is 2. The van der Waals surface area contributed by atoms with Crippen molar-refractivity contribution in [3.8, 4) is 5.75 Å². The van der Waals surface area contributed by atoms with Gasteiger partial charge in [0.1, 0.15) is 11.9 Å². The first-order valence-electron chi connectivity index (χ1n) is 19.4. The van der Waals surface area contributed by atoms with Crippen molar-refractivity contribution in [1.82, 2.24) is 5.32 Å². The average Bonchev–Trinajstić information content (AvgIpc) is 3.27. The highest BCUT2D eigenvalue weighted by atomic mass is 16.5. The molecule has 11 nitrogen and oxygen atoms in total. The van der Waals surface area contributed by atoms with Gasteiger partial charge in [0.05, 0.1) is 43.0 Å². The molecule has 0 saturated heterocycles. The van der Waals surface area contributed by atoms with Gasteiger partial charge in [-0.05, 0) is 72.3 Å². The maximum atomic E-state index is 14.7. The molecule has 0 radical (unpaired) electrons. The quantitative estimate of drug-likeness (QED) is 0.0650. The van der Waals surface area contributed by atoms with E-state index in [2.05, 4.69) is 5.32 Å². The highest BCUT2D eigenvalue weighted by molar-refractivity contribution is 6.10. The first-order chi connectivity index (χ1) is 28.7. The van der Waals surface area contributed by atoms with E-state index in [1.807, 2.05) is 36.4 Å². The van der Waals surface area contributed by atoms with Crippen LogP contribution in [0.1, 0.15) is 78.4 Å². The van der Waals surface area contributed by atoms with Gasteiger partial charge < -0.3 is 29.5 Å². The number of esters is 2. The number of ether oxygens (including phenoxy) is 3. The molecule has 6 aromatic rings. The summed E-state index contributed by atoms with van der Waals surface area (Å²) in [4.78, 5) is 71.3. The van der Waals surface area contributed by atoms with Gasteiger partial charge in [-0.3, -0.25) is 19.2 Å². The molecule has 0 aromatic heterocycles. The number of nitrogens with one attached hydrogen (secondary N) is 1. The van der Waals surface area contributed by atoms with Crippen LogP contribution in [0, 0.1) is 0 Å². The fourth-order valence-electron chi connectivity index (χ4n) is 7.22. The third-order valence-corrected chi connectivity index (χ3v) is 10.1. The van der Waals surface area contributed by atoms with Crippen molar-refractivity contribution < 1.29 is 43.3 Å². The lowest BCUT2D eigenvalue weighted by Crippen LogP contribution is -2.58. The summed E-state index contributed by atoms with van der Waals surface area (Å²) < 4.78 is 17.7. The molecule has 0 spiro atoms. The Kier molecular flexibility index (Phi) is 12.5. The molecule has 0 bridgehead atoms. The molecule has 11 heteroatoms. The standard InChI is InChI=1S/C48H42N2O9/c1-2-57-42(52)30-41-45(59-48(56)35-21-19-33(20-22-35)44(53)32-13-5-3-6-14-32)43(49-46(54)37-23-18-31-12-9-10-17-36(31)28-37)39-29-38(58-27-11-26-51)24-25-40(39)50(41)47(55)34-15-7-4-8-16-34/h3-10,12-25,28-29,41,43,45,51H,2,11,26-27,30H2,1H3,(H,49,54)/t41-,43-,45-/m0/s1. The Hall–Kier alpha value is -7.11. The van der Waals surface area contributed by atoms with Crippen LogP contribution in [0.2, 0.25) is 0 Å². The van der Waals surface area contributed by atoms with Gasteiger partial charge in [0.15, 0.2) is 5.78 Å². The van der Waals surface area contributed by atoms with Crippen molar-refractivity contribution in [3.05, 3.63) is 179 Å². The molecule has 3 atom stereocenters. The summed E-state index contributed by atoms with van der Waals surface area (Å²) in [5.74, 6) is -2.31. The van der Waals surface area contributed by atoms with E-state index in [4.69, 9.17) is 14.2 Å². The number of benzene rings is 6. The van der Waals surface area contributed by atoms with Gasteiger partial charge in [-0.25, -0.2) is 4.79 Å². The first kappa shape index (κ1) is 40.1. The number of anilines is 1. The topological polar surface area (TPSA) is 149 Å². The Balaban J connectivity index is 1.34. The zero-order chi connectivity index (χ0) is 41.3. The largest absolute Gasteiger partial charge is 0.493 e. The van der Waals surface area contributed by atoms with Gasteiger partial charge in [0, 0.05) is 40.8 Å². The van der Waals surface area contributed by atoms with Crippen LogP contribution in [0.15, 0.2) is 146 Å². The summed E-state index contributed by atoms with van der Waals surface area (Å²) in [6.45, 7) is 1.81. The lowest BCUT2D eigenvalue weighted by atomic mass is 9.85. The van der Waals surface area contributed by atoms with E-state index in [-0.39, 0.29) is 31.2 Å². The van der Waals surface area contributed by atoms with Crippen LogP contribution in [0.25, 0.3) is 10.8 Å². The van der Waals surface area contributed by atoms with E-state index in [0.717, 1.165) is 10.8 Å². The molecular weight excluding hydrogens is 749 g/mol. The van der Waals surface area contributed by atoms with E-state index < -0.39 is 48.4 Å². The van der Waals surface area contributed by atoms with Gasteiger partial charge in [-0.1, -0.05) is 91.0 Å². The number of aliphatic hydroxyl groups excluding tert-OH is 1. The molecule has 0 aliphatic carbocycles. The summed E-state index contributed by atoms with van der Waals surface area (Å²) in [5.41, 5.74) is 2.30.